The average Bonchev–Trinajstić information content (AvgIpc) is 1.89. The third-order valence-electron chi connectivity index (χ3n) is 1.40. The molecule has 0 aliphatic rings. The molecule has 60 valence electrons. The summed E-state index contributed by atoms with van der Waals surface area (Å²) in [7, 11) is 0. The van der Waals surface area contributed by atoms with E-state index < -0.39 is 0 Å². The number of hydrogen-bond donors (Lipinski definition) is 1. The highest BCUT2D eigenvalue weighted by Crippen LogP contribution is 2.04. The first kappa shape index (κ1) is 10.4. The number of rotatable bonds is 5. The van der Waals surface area contributed by atoms with Gasteiger partial charge in [0.25, 0.3) is 0 Å². The second-order valence-corrected chi connectivity index (χ2v) is 3.10. The molecule has 0 saturated heterocycles. The van der Waals surface area contributed by atoms with E-state index in [1.807, 2.05) is 10.2 Å². The lowest BCUT2D eigenvalue weighted by Gasteiger charge is -2.02. The van der Waals surface area contributed by atoms with E-state index >= 15 is 0 Å². The predicted octanol–water partition coefficient (Wildman–Crippen LogP) is 2.88. The molecule has 0 heterocycles. The van der Waals surface area contributed by atoms with E-state index in [4.69, 9.17) is 0 Å². The van der Waals surface area contributed by atoms with Gasteiger partial charge in [0.1, 0.15) is 0 Å². The highest BCUT2D eigenvalue weighted by atomic mass is 127. The van der Waals surface area contributed by atoms with Crippen LogP contribution in [0.5, 0.6) is 0 Å². The van der Waals surface area contributed by atoms with E-state index in [1.54, 1.807) is 0 Å². The van der Waals surface area contributed by atoms with Gasteiger partial charge in [-0.05, 0) is 10.5 Å². The zero-order valence-corrected chi connectivity index (χ0v) is 8.54. The third-order valence-corrected chi connectivity index (χ3v) is 1.81. The van der Waals surface area contributed by atoms with Crippen LogP contribution in [0.4, 0.5) is 0 Å². The Labute approximate surface area is 76.7 Å². The van der Waals surface area contributed by atoms with E-state index in [-0.39, 0.29) is 6.10 Å². The van der Waals surface area contributed by atoms with Gasteiger partial charge >= 0.3 is 0 Å². The fourth-order valence-electron chi connectivity index (χ4n) is 0.784. The molecule has 0 aromatic heterocycles. The second-order valence-electron chi connectivity index (χ2n) is 2.38. The molecular formula is C8H15IO. The Hall–Kier alpha value is 0.430. The molecule has 10 heavy (non-hydrogen) atoms. The summed E-state index contributed by atoms with van der Waals surface area (Å²) in [4.78, 5) is 0. The summed E-state index contributed by atoms with van der Waals surface area (Å²) in [5, 5.41) is 9.18. The standard InChI is InChI=1S/C8H15IO/c1-2-3-4-5-8(10)6-7-9/h6-8,10H,2-5H2,1H3/b7-6-/t8-/m1/s1. The summed E-state index contributed by atoms with van der Waals surface area (Å²) >= 11 is 2.12. The Balaban J connectivity index is 3.13. The lowest BCUT2D eigenvalue weighted by Crippen LogP contribution is -2.00. The van der Waals surface area contributed by atoms with Gasteiger partial charge in [-0.25, -0.2) is 0 Å². The monoisotopic (exact) mass is 254 g/mol. The Morgan fingerprint density at radius 2 is 2.20 bits per heavy atom. The van der Waals surface area contributed by atoms with Crippen LogP contribution in [-0.4, -0.2) is 11.2 Å². The Morgan fingerprint density at radius 1 is 1.50 bits per heavy atom. The van der Waals surface area contributed by atoms with Crippen molar-refractivity contribution in [1.82, 2.24) is 0 Å². The fourth-order valence-corrected chi connectivity index (χ4v) is 1.26. The summed E-state index contributed by atoms with van der Waals surface area (Å²) in [5.74, 6) is 0. The molecule has 0 unspecified atom stereocenters. The molecule has 0 aromatic rings. The van der Waals surface area contributed by atoms with Gasteiger partial charge in [0.15, 0.2) is 0 Å². The molecule has 0 amide bonds. The number of unbranched alkanes of at least 4 members (excludes halogenated alkanes) is 2. The van der Waals surface area contributed by atoms with Gasteiger partial charge in [0, 0.05) is 0 Å². The van der Waals surface area contributed by atoms with E-state index in [9.17, 15) is 5.11 Å². The van der Waals surface area contributed by atoms with Gasteiger partial charge in [-0.1, -0.05) is 54.9 Å². The largest absolute Gasteiger partial charge is 0.389 e. The van der Waals surface area contributed by atoms with Crippen LogP contribution in [0.1, 0.15) is 32.6 Å². The van der Waals surface area contributed by atoms with Crippen molar-refractivity contribution in [1.29, 1.82) is 0 Å². The van der Waals surface area contributed by atoms with Gasteiger partial charge in [-0.15, -0.1) is 0 Å². The van der Waals surface area contributed by atoms with Crippen molar-refractivity contribution < 1.29 is 5.11 Å². The van der Waals surface area contributed by atoms with Crippen LogP contribution in [0.2, 0.25) is 0 Å². The minimum Gasteiger partial charge on any atom is -0.389 e. The summed E-state index contributed by atoms with van der Waals surface area (Å²) in [5.41, 5.74) is 0. The summed E-state index contributed by atoms with van der Waals surface area (Å²) < 4.78 is 1.87. The van der Waals surface area contributed by atoms with Crippen LogP contribution >= 0.6 is 22.6 Å². The van der Waals surface area contributed by atoms with Crippen molar-refractivity contribution in [3.63, 3.8) is 0 Å². The second kappa shape index (κ2) is 7.54. The number of aliphatic hydroxyl groups excluding tert-OH is 1. The lowest BCUT2D eigenvalue weighted by atomic mass is 10.1. The smallest absolute Gasteiger partial charge is 0.0728 e. The molecular weight excluding hydrogens is 239 g/mol. The van der Waals surface area contributed by atoms with E-state index in [0.29, 0.717) is 0 Å². The third kappa shape index (κ3) is 6.55. The molecule has 0 bridgehead atoms. The van der Waals surface area contributed by atoms with Gasteiger partial charge in [0.2, 0.25) is 0 Å². The quantitative estimate of drug-likeness (QED) is 0.590. The van der Waals surface area contributed by atoms with Crippen LogP contribution in [0, 0.1) is 0 Å². The Morgan fingerprint density at radius 3 is 2.70 bits per heavy atom. The number of aliphatic hydroxyl groups is 1. The summed E-state index contributed by atoms with van der Waals surface area (Å²) in [6.07, 6.45) is 6.11. The minimum atomic E-state index is -0.219. The molecule has 0 rings (SSSR count). The molecule has 0 fully saturated rings. The highest BCUT2D eigenvalue weighted by Gasteiger charge is 1.96. The maximum absolute atomic E-state index is 9.18. The molecule has 2 heteroatoms. The van der Waals surface area contributed by atoms with Crippen molar-refractivity contribution in [3.05, 3.63) is 10.2 Å². The zero-order valence-electron chi connectivity index (χ0n) is 6.39. The maximum Gasteiger partial charge on any atom is 0.0728 e. The molecule has 1 N–H and O–H groups in total. The van der Waals surface area contributed by atoms with Gasteiger partial charge < -0.3 is 5.11 Å². The van der Waals surface area contributed by atoms with Crippen molar-refractivity contribution >= 4 is 22.6 Å². The van der Waals surface area contributed by atoms with Gasteiger partial charge in [0.05, 0.1) is 6.10 Å². The average molecular weight is 254 g/mol. The van der Waals surface area contributed by atoms with Crippen LogP contribution in [-0.2, 0) is 0 Å². The highest BCUT2D eigenvalue weighted by molar-refractivity contribution is 14.1. The van der Waals surface area contributed by atoms with Crippen molar-refractivity contribution in [2.24, 2.45) is 0 Å². The Kier molecular flexibility index (Phi) is 7.86. The first-order valence-electron chi connectivity index (χ1n) is 3.76. The topological polar surface area (TPSA) is 20.2 Å². The van der Waals surface area contributed by atoms with E-state index in [1.165, 1.54) is 12.8 Å². The van der Waals surface area contributed by atoms with Crippen LogP contribution < -0.4 is 0 Å². The number of hydrogen-bond acceptors (Lipinski definition) is 1. The molecule has 0 aromatic carbocycles. The van der Waals surface area contributed by atoms with E-state index in [2.05, 4.69) is 29.5 Å². The fraction of sp³-hybridized carbons (Fsp3) is 0.750. The molecule has 0 aliphatic heterocycles. The van der Waals surface area contributed by atoms with Crippen LogP contribution in [0.25, 0.3) is 0 Å². The Bertz CT molecular complexity index is 91.3. The molecule has 1 nitrogen and oxygen atoms in total. The first-order chi connectivity index (χ1) is 4.81. The first-order valence-corrected chi connectivity index (χ1v) is 5.00. The van der Waals surface area contributed by atoms with Crippen LogP contribution in [0.15, 0.2) is 10.2 Å². The van der Waals surface area contributed by atoms with Crippen molar-refractivity contribution in [3.8, 4) is 0 Å². The maximum atomic E-state index is 9.18. The van der Waals surface area contributed by atoms with Crippen molar-refractivity contribution in [2.75, 3.05) is 0 Å². The van der Waals surface area contributed by atoms with E-state index in [0.717, 1.165) is 12.8 Å². The summed E-state index contributed by atoms with van der Waals surface area (Å²) in [6.45, 7) is 2.17. The van der Waals surface area contributed by atoms with Gasteiger partial charge in [-0.3, -0.25) is 0 Å². The van der Waals surface area contributed by atoms with Crippen molar-refractivity contribution in [2.45, 2.75) is 38.7 Å². The molecule has 0 spiro atoms. The number of halogens is 1. The zero-order chi connectivity index (χ0) is 7.82. The molecule has 0 radical (unpaired) electrons. The lowest BCUT2D eigenvalue weighted by molar-refractivity contribution is 0.208. The molecule has 0 saturated carbocycles. The normalized spacial score (nSPS) is 14.3. The van der Waals surface area contributed by atoms with Crippen LogP contribution in [0.3, 0.4) is 0 Å². The van der Waals surface area contributed by atoms with Gasteiger partial charge in [-0.2, -0.15) is 0 Å². The summed E-state index contributed by atoms with van der Waals surface area (Å²) in [6, 6.07) is 0. The molecule has 0 aliphatic carbocycles. The predicted molar refractivity (Wildman–Crippen MR) is 53.3 cm³/mol. The SMILES string of the molecule is CCCCC[C@@H](O)/C=C\I. The molecule has 1 atom stereocenters. The minimum absolute atomic E-state index is 0.219.